The lowest BCUT2D eigenvalue weighted by Crippen LogP contribution is -2.48. The summed E-state index contributed by atoms with van der Waals surface area (Å²) < 4.78 is 4.98. The lowest BCUT2D eigenvalue weighted by atomic mass is 10.0. The highest BCUT2D eigenvalue weighted by molar-refractivity contribution is 6.31. The number of carboxylic acid groups (broad SMARTS) is 1. The molecule has 1 fully saturated rings. The third kappa shape index (κ3) is 9.13. The lowest BCUT2D eigenvalue weighted by Gasteiger charge is -2.24. The van der Waals surface area contributed by atoms with E-state index in [4.69, 9.17) is 26.9 Å². The monoisotopic (exact) mass is 595 g/mol. The van der Waals surface area contributed by atoms with Crippen molar-refractivity contribution in [3.05, 3.63) is 95.3 Å². The molecule has 2 atom stereocenters. The minimum atomic E-state index is -1.15. The van der Waals surface area contributed by atoms with Crippen LogP contribution in [0.4, 0.5) is 10.5 Å². The first-order chi connectivity index (χ1) is 20.1. The van der Waals surface area contributed by atoms with Gasteiger partial charge < -0.3 is 31.0 Å². The molecule has 5 N–H and O–H groups in total. The molecule has 2 aromatic carbocycles. The molecular formula is C30H34ClN5O6. The van der Waals surface area contributed by atoms with Crippen molar-refractivity contribution in [1.82, 2.24) is 15.5 Å². The first-order valence-electron chi connectivity index (χ1n) is 13.1. The Hall–Kier alpha value is -4.77. The molecule has 3 rings (SSSR count). The number of carbonyl (C=O) groups is 3. The molecule has 0 aromatic heterocycles. The molecule has 0 aliphatic carbocycles. The largest absolute Gasteiger partial charge is 0.497 e. The van der Waals surface area contributed by atoms with Crippen LogP contribution >= 0.6 is 11.6 Å². The molecule has 1 saturated heterocycles. The van der Waals surface area contributed by atoms with E-state index >= 15 is 0 Å². The van der Waals surface area contributed by atoms with Crippen molar-refractivity contribution >= 4 is 41.0 Å². The van der Waals surface area contributed by atoms with E-state index in [9.17, 15) is 19.5 Å². The number of anilines is 1. The number of halogens is 1. The highest BCUT2D eigenvalue weighted by Gasteiger charge is 2.33. The second-order valence-electron chi connectivity index (χ2n) is 9.44. The number of imide groups is 1. The highest BCUT2D eigenvalue weighted by atomic mass is 35.5. The van der Waals surface area contributed by atoms with Crippen LogP contribution in [-0.2, 0) is 9.53 Å². The molecule has 11 nitrogen and oxygen atoms in total. The van der Waals surface area contributed by atoms with Gasteiger partial charge >= 0.3 is 12.0 Å². The van der Waals surface area contributed by atoms with E-state index in [0.29, 0.717) is 40.8 Å². The molecule has 12 heteroatoms. The Morgan fingerprint density at radius 2 is 2.02 bits per heavy atom. The molecule has 0 radical (unpaired) electrons. The number of hydrogen-bond acceptors (Lipinski definition) is 7. The number of rotatable bonds is 11. The zero-order chi connectivity index (χ0) is 30.6. The number of urea groups is 1. The number of allylic oxidation sites excluding steroid dienone is 4. The van der Waals surface area contributed by atoms with Gasteiger partial charge in [0.15, 0.2) is 11.6 Å². The number of nitrogen functional groups attached to an aromatic ring is 1. The van der Waals surface area contributed by atoms with Crippen molar-refractivity contribution in [2.75, 3.05) is 25.9 Å². The molecule has 1 aliphatic rings. The SMILES string of the molecule is C=C(/C=C\C(Cl)=C/CC[C@@H]1CN/C(=N\Oc2ccccc2)CN(C(=O)N[C@H](C)c2ccc(C(=O)O)c(N)c2)C1=O)OC. The summed E-state index contributed by atoms with van der Waals surface area (Å²) in [5, 5.41) is 19.8. The summed E-state index contributed by atoms with van der Waals surface area (Å²) >= 11 is 6.25. The zero-order valence-corrected chi connectivity index (χ0v) is 24.1. The van der Waals surface area contributed by atoms with Crippen molar-refractivity contribution in [2.24, 2.45) is 11.1 Å². The number of nitrogens with two attached hydrogens (primary N) is 1. The van der Waals surface area contributed by atoms with E-state index in [1.54, 1.807) is 55.5 Å². The van der Waals surface area contributed by atoms with Crippen molar-refractivity contribution in [2.45, 2.75) is 25.8 Å². The second kappa shape index (κ2) is 15.3. The van der Waals surface area contributed by atoms with Crippen molar-refractivity contribution in [3.8, 4) is 5.75 Å². The lowest BCUT2D eigenvalue weighted by molar-refractivity contribution is -0.131. The molecule has 0 spiro atoms. The van der Waals surface area contributed by atoms with Crippen LogP contribution in [0.25, 0.3) is 0 Å². The Morgan fingerprint density at radius 3 is 2.69 bits per heavy atom. The first kappa shape index (κ1) is 31.8. The van der Waals surface area contributed by atoms with E-state index < -0.39 is 29.9 Å². The third-order valence-electron chi connectivity index (χ3n) is 6.42. The van der Waals surface area contributed by atoms with Gasteiger partial charge in [0.05, 0.1) is 31.2 Å². The maximum Gasteiger partial charge on any atom is 0.337 e. The quantitative estimate of drug-likeness (QED) is 0.125. The summed E-state index contributed by atoms with van der Waals surface area (Å²) in [4.78, 5) is 44.9. The molecule has 0 bridgehead atoms. The summed E-state index contributed by atoms with van der Waals surface area (Å²) in [6.07, 6.45) is 5.91. The third-order valence-corrected chi connectivity index (χ3v) is 6.70. The molecular weight excluding hydrogens is 562 g/mol. The van der Waals surface area contributed by atoms with E-state index in [0.717, 1.165) is 4.90 Å². The fourth-order valence-corrected chi connectivity index (χ4v) is 4.17. The molecule has 222 valence electrons. The topological polar surface area (TPSA) is 156 Å². The van der Waals surface area contributed by atoms with Gasteiger partial charge in [0.1, 0.15) is 5.76 Å². The van der Waals surface area contributed by atoms with Gasteiger partial charge in [-0.1, -0.05) is 53.7 Å². The number of oxime groups is 1. The van der Waals surface area contributed by atoms with Gasteiger partial charge in [-0.25, -0.2) is 9.59 Å². The van der Waals surface area contributed by atoms with Gasteiger partial charge in [0.25, 0.3) is 0 Å². The standard InChI is InChI=1S/C30H34ClN5O6/c1-19(41-3)12-14-23(31)9-7-8-22-17-33-27(35-42-24-10-5-4-6-11-24)18-36(28(22)37)30(40)34-20(2)21-13-15-25(29(38)39)26(32)16-21/h4-6,9-16,20,22H,1,7-8,17-18,32H2,2-3H3,(H,33,35)(H,34,40)(H,38,39)/b14-12-,23-9+/t20-,22-/m1/s1. The van der Waals surface area contributed by atoms with Crippen molar-refractivity contribution in [1.29, 1.82) is 0 Å². The van der Waals surface area contributed by atoms with Gasteiger partial charge in [-0.05, 0) is 61.7 Å². The molecule has 1 aliphatic heterocycles. The van der Waals surface area contributed by atoms with Gasteiger partial charge in [-0.15, -0.1) is 0 Å². The predicted octanol–water partition coefficient (Wildman–Crippen LogP) is 4.80. The van der Waals surface area contributed by atoms with Crippen molar-refractivity contribution < 1.29 is 29.1 Å². The minimum Gasteiger partial charge on any atom is -0.497 e. The van der Waals surface area contributed by atoms with Crippen LogP contribution in [0.5, 0.6) is 5.75 Å². The fourth-order valence-electron chi connectivity index (χ4n) is 4.00. The number of ether oxygens (including phenoxy) is 1. The van der Waals surface area contributed by atoms with E-state index in [-0.39, 0.29) is 24.3 Å². The molecule has 2 aromatic rings. The average Bonchev–Trinajstić information content (AvgIpc) is 3.13. The molecule has 1 heterocycles. The summed E-state index contributed by atoms with van der Waals surface area (Å²) in [5.41, 5.74) is 6.48. The molecule has 3 amide bonds. The number of methoxy groups -OCH3 is 1. The van der Waals surface area contributed by atoms with Crippen LogP contribution in [-0.4, -0.2) is 53.9 Å². The summed E-state index contributed by atoms with van der Waals surface area (Å²) in [6.45, 7) is 5.48. The first-order valence-corrected chi connectivity index (χ1v) is 13.5. The van der Waals surface area contributed by atoms with E-state index in [2.05, 4.69) is 22.4 Å². The maximum absolute atomic E-state index is 13.6. The van der Waals surface area contributed by atoms with Crippen LogP contribution < -0.4 is 21.2 Å². The Morgan fingerprint density at radius 1 is 1.29 bits per heavy atom. The fraction of sp³-hybridized carbons (Fsp3) is 0.267. The minimum absolute atomic E-state index is 0.0403. The summed E-state index contributed by atoms with van der Waals surface area (Å²) in [7, 11) is 1.50. The Bertz CT molecular complexity index is 1390. The second-order valence-corrected chi connectivity index (χ2v) is 9.87. The smallest absolute Gasteiger partial charge is 0.337 e. The number of nitrogens with one attached hydrogen (secondary N) is 2. The number of para-hydroxylation sites is 1. The Kier molecular flexibility index (Phi) is 11.6. The maximum atomic E-state index is 13.6. The molecule has 42 heavy (non-hydrogen) atoms. The number of nitrogens with zero attached hydrogens (tertiary/aromatic N) is 2. The average molecular weight is 596 g/mol. The van der Waals surface area contributed by atoms with Crippen LogP contribution in [0, 0.1) is 5.92 Å². The number of hydrogen-bond donors (Lipinski definition) is 4. The number of benzene rings is 2. The number of amides is 3. The normalized spacial score (nSPS) is 17.4. The predicted molar refractivity (Wildman–Crippen MR) is 161 cm³/mol. The highest BCUT2D eigenvalue weighted by Crippen LogP contribution is 2.21. The van der Waals surface area contributed by atoms with Crippen LogP contribution in [0.15, 0.2) is 89.3 Å². The summed E-state index contributed by atoms with van der Waals surface area (Å²) in [6, 6.07) is 12.1. The molecule has 0 unspecified atom stereocenters. The van der Waals surface area contributed by atoms with Gasteiger partial charge in [-0.3, -0.25) is 9.69 Å². The number of carboxylic acids is 1. The van der Waals surface area contributed by atoms with Gasteiger partial charge in [0, 0.05) is 17.3 Å². The number of carbonyl (C=O) groups excluding carboxylic acids is 2. The summed E-state index contributed by atoms with van der Waals surface area (Å²) in [5.74, 6) is -0.880. The van der Waals surface area contributed by atoms with Crippen molar-refractivity contribution in [3.63, 3.8) is 0 Å². The van der Waals surface area contributed by atoms with Gasteiger partial charge in [-0.2, -0.15) is 0 Å². The zero-order valence-electron chi connectivity index (χ0n) is 23.4. The van der Waals surface area contributed by atoms with Crippen LogP contribution in [0.1, 0.15) is 41.7 Å². The van der Waals surface area contributed by atoms with E-state index in [1.807, 2.05) is 6.07 Å². The van der Waals surface area contributed by atoms with Crippen LogP contribution in [0.3, 0.4) is 0 Å². The number of amidine groups is 1. The van der Waals surface area contributed by atoms with Crippen LogP contribution in [0.2, 0.25) is 0 Å². The Balaban J connectivity index is 1.77. The van der Waals surface area contributed by atoms with Gasteiger partial charge in [0.2, 0.25) is 5.91 Å². The Labute approximate surface area is 249 Å². The van der Waals surface area contributed by atoms with E-state index in [1.165, 1.54) is 19.2 Å². The molecule has 0 saturated carbocycles. The number of aromatic carboxylic acids is 1.